The highest BCUT2D eigenvalue weighted by atomic mass is 127. The zero-order valence-corrected chi connectivity index (χ0v) is 13.8. The Morgan fingerprint density at radius 1 is 0.882 bits per heavy atom. The number of rotatable bonds is 0. The predicted octanol–water partition coefficient (Wildman–Crippen LogP) is 5.78. The van der Waals surface area contributed by atoms with Crippen LogP contribution in [-0.2, 0) is 0 Å². The second-order valence-corrected chi connectivity index (χ2v) is 5.93. The summed E-state index contributed by atoms with van der Waals surface area (Å²) in [4.78, 5) is 0. The summed E-state index contributed by atoms with van der Waals surface area (Å²) in [6.07, 6.45) is 0. The van der Waals surface area contributed by atoms with Crippen molar-refractivity contribution in [3.63, 3.8) is 0 Å². The summed E-state index contributed by atoms with van der Waals surface area (Å²) in [5, 5.41) is 0. The standard InChI is InChI=1S/C6H3BrFI.C6H4BrF/c7-5-3-4(8)1-2-6(5)9;7-5-2-1-3-6(8)4-5/h1-3H;1-4H. The molecule has 0 fully saturated rings. The second-order valence-electron chi connectivity index (χ2n) is 3.00. The minimum absolute atomic E-state index is 0.206. The van der Waals surface area contributed by atoms with Gasteiger partial charge in [0.25, 0.3) is 0 Å². The lowest BCUT2D eigenvalue weighted by atomic mass is 10.4. The van der Waals surface area contributed by atoms with E-state index in [0.717, 1.165) is 12.5 Å². The average Bonchev–Trinajstić information content (AvgIpc) is 2.24. The minimum atomic E-state index is -0.209. The molecule has 2 aromatic carbocycles. The summed E-state index contributed by atoms with van der Waals surface area (Å²) in [6.45, 7) is 0. The molecule has 0 aliphatic carbocycles. The van der Waals surface area contributed by atoms with E-state index in [-0.39, 0.29) is 11.6 Å². The Morgan fingerprint density at radius 2 is 1.53 bits per heavy atom. The smallest absolute Gasteiger partial charge is 0.124 e. The lowest BCUT2D eigenvalue weighted by Gasteiger charge is -1.92. The van der Waals surface area contributed by atoms with Gasteiger partial charge in [0.2, 0.25) is 0 Å². The van der Waals surface area contributed by atoms with Crippen molar-refractivity contribution in [1.82, 2.24) is 0 Å². The maximum Gasteiger partial charge on any atom is 0.124 e. The molecule has 0 saturated heterocycles. The molecule has 0 spiro atoms. The van der Waals surface area contributed by atoms with Crippen molar-refractivity contribution in [2.75, 3.05) is 0 Å². The van der Waals surface area contributed by atoms with Crippen molar-refractivity contribution < 1.29 is 8.78 Å². The van der Waals surface area contributed by atoms with Crippen molar-refractivity contribution in [1.29, 1.82) is 0 Å². The van der Waals surface area contributed by atoms with Gasteiger partial charge in [-0.2, -0.15) is 0 Å². The van der Waals surface area contributed by atoms with E-state index in [1.807, 2.05) is 0 Å². The zero-order chi connectivity index (χ0) is 12.8. The molecule has 0 saturated carbocycles. The van der Waals surface area contributed by atoms with E-state index < -0.39 is 0 Å². The SMILES string of the molecule is Fc1ccc(I)c(Br)c1.Fc1cccc(Br)c1. The van der Waals surface area contributed by atoms with Crippen LogP contribution in [-0.4, -0.2) is 0 Å². The Bertz CT molecular complexity index is 486. The number of hydrogen-bond acceptors (Lipinski definition) is 0. The normalized spacial score (nSPS) is 9.47. The predicted molar refractivity (Wildman–Crippen MR) is 80.9 cm³/mol. The van der Waals surface area contributed by atoms with Gasteiger partial charge < -0.3 is 0 Å². The van der Waals surface area contributed by atoms with Crippen LogP contribution in [0.25, 0.3) is 0 Å². The second kappa shape index (κ2) is 7.43. The molecule has 2 rings (SSSR count). The lowest BCUT2D eigenvalue weighted by Crippen LogP contribution is -1.75. The third-order valence-corrected chi connectivity index (χ3v) is 4.50. The van der Waals surface area contributed by atoms with Crippen LogP contribution in [0.15, 0.2) is 51.4 Å². The van der Waals surface area contributed by atoms with Crippen LogP contribution in [0, 0.1) is 15.2 Å². The van der Waals surface area contributed by atoms with Crippen LogP contribution in [0.2, 0.25) is 0 Å². The topological polar surface area (TPSA) is 0 Å². The molecule has 0 aromatic heterocycles. The molecule has 0 nitrogen and oxygen atoms in total. The van der Waals surface area contributed by atoms with E-state index in [1.54, 1.807) is 18.2 Å². The molecule has 0 amide bonds. The van der Waals surface area contributed by atoms with Gasteiger partial charge in [0, 0.05) is 12.5 Å². The van der Waals surface area contributed by atoms with Crippen LogP contribution in [0.5, 0.6) is 0 Å². The van der Waals surface area contributed by atoms with Gasteiger partial charge in [0.15, 0.2) is 0 Å². The molecule has 0 unspecified atom stereocenters. The van der Waals surface area contributed by atoms with Gasteiger partial charge in [0.1, 0.15) is 11.6 Å². The van der Waals surface area contributed by atoms with Gasteiger partial charge in [-0.1, -0.05) is 22.0 Å². The molecule has 0 heterocycles. The average molecular weight is 476 g/mol. The minimum Gasteiger partial charge on any atom is -0.207 e. The monoisotopic (exact) mass is 474 g/mol. The van der Waals surface area contributed by atoms with Gasteiger partial charge in [-0.3, -0.25) is 0 Å². The van der Waals surface area contributed by atoms with Crippen molar-refractivity contribution in [3.05, 3.63) is 66.6 Å². The Balaban J connectivity index is 0.000000171. The fraction of sp³-hybridized carbons (Fsp3) is 0. The Hall–Kier alpha value is -0.0100. The molecule has 0 bridgehead atoms. The molecule has 0 radical (unpaired) electrons. The van der Waals surface area contributed by atoms with Crippen LogP contribution >= 0.6 is 54.5 Å². The van der Waals surface area contributed by atoms with E-state index in [2.05, 4.69) is 54.5 Å². The molecule has 2 aromatic rings. The third kappa shape index (κ3) is 5.92. The Kier molecular flexibility index (Phi) is 6.58. The van der Waals surface area contributed by atoms with Gasteiger partial charge >= 0.3 is 0 Å². The summed E-state index contributed by atoms with van der Waals surface area (Å²) in [5.74, 6) is -0.415. The summed E-state index contributed by atoms with van der Waals surface area (Å²) < 4.78 is 27.1. The summed E-state index contributed by atoms with van der Waals surface area (Å²) in [5.41, 5.74) is 0. The number of benzene rings is 2. The Labute approximate surface area is 129 Å². The van der Waals surface area contributed by atoms with Gasteiger partial charge in [0.05, 0.1) is 0 Å². The Morgan fingerprint density at radius 3 is 1.94 bits per heavy atom. The molecule has 0 N–H and O–H groups in total. The first-order chi connectivity index (χ1) is 7.99. The fourth-order valence-electron chi connectivity index (χ4n) is 0.930. The maximum absolute atomic E-state index is 12.3. The fourth-order valence-corrected chi connectivity index (χ4v) is 1.99. The molecule has 0 atom stereocenters. The molecule has 90 valence electrons. The van der Waals surface area contributed by atoms with Crippen molar-refractivity contribution >= 4 is 54.5 Å². The lowest BCUT2D eigenvalue weighted by molar-refractivity contribution is 0.626. The third-order valence-electron chi connectivity index (χ3n) is 1.67. The van der Waals surface area contributed by atoms with E-state index in [0.29, 0.717) is 0 Å². The first-order valence-corrected chi connectivity index (χ1v) is 7.17. The highest BCUT2D eigenvalue weighted by molar-refractivity contribution is 14.1. The van der Waals surface area contributed by atoms with Crippen LogP contribution in [0.3, 0.4) is 0 Å². The quantitative estimate of drug-likeness (QED) is 0.335. The molecule has 0 aliphatic rings. The van der Waals surface area contributed by atoms with Crippen LogP contribution < -0.4 is 0 Å². The molecular formula is C12H7Br2F2I. The zero-order valence-electron chi connectivity index (χ0n) is 8.43. The first kappa shape index (κ1) is 15.0. The summed E-state index contributed by atoms with van der Waals surface area (Å²) >= 11 is 8.45. The van der Waals surface area contributed by atoms with Gasteiger partial charge in [-0.15, -0.1) is 0 Å². The van der Waals surface area contributed by atoms with Crippen LogP contribution in [0.4, 0.5) is 8.78 Å². The van der Waals surface area contributed by atoms with E-state index in [9.17, 15) is 8.78 Å². The molecule has 17 heavy (non-hydrogen) atoms. The van der Waals surface area contributed by atoms with Gasteiger partial charge in [-0.05, 0) is 74.9 Å². The van der Waals surface area contributed by atoms with Gasteiger partial charge in [-0.25, -0.2) is 8.78 Å². The van der Waals surface area contributed by atoms with E-state index in [1.165, 1.54) is 24.3 Å². The van der Waals surface area contributed by atoms with Crippen molar-refractivity contribution in [2.45, 2.75) is 0 Å². The molecule has 0 aliphatic heterocycles. The first-order valence-electron chi connectivity index (χ1n) is 4.50. The number of halogens is 5. The summed E-state index contributed by atoms with van der Waals surface area (Å²) in [6, 6.07) is 10.9. The van der Waals surface area contributed by atoms with E-state index in [4.69, 9.17) is 0 Å². The van der Waals surface area contributed by atoms with E-state index >= 15 is 0 Å². The van der Waals surface area contributed by atoms with Crippen molar-refractivity contribution in [2.24, 2.45) is 0 Å². The highest BCUT2D eigenvalue weighted by Crippen LogP contribution is 2.19. The highest BCUT2D eigenvalue weighted by Gasteiger charge is 1.95. The largest absolute Gasteiger partial charge is 0.207 e. The van der Waals surface area contributed by atoms with Crippen molar-refractivity contribution in [3.8, 4) is 0 Å². The summed E-state index contributed by atoms with van der Waals surface area (Å²) in [7, 11) is 0. The maximum atomic E-state index is 12.3. The number of hydrogen-bond donors (Lipinski definition) is 0. The molecule has 5 heteroatoms. The molecular weight excluding hydrogens is 469 g/mol. The van der Waals surface area contributed by atoms with Crippen LogP contribution in [0.1, 0.15) is 0 Å².